The molecule has 0 fully saturated rings. The molecule has 0 saturated carbocycles. The standard InChI is InChI=1S/C21H27N3O4S/c1-5-14-24(18-10-8-7-9-11-18)21(25)16-22-17-12-13-19(28-6-2)20(15-17)29(26,27)23(3)4/h5,7-13,15,22H,1,6,14,16H2,2-4H3. The van der Waals surface area contributed by atoms with Gasteiger partial charge in [-0.15, -0.1) is 6.58 Å². The fourth-order valence-corrected chi connectivity index (χ4v) is 3.70. The number of sulfonamides is 1. The van der Waals surface area contributed by atoms with Crippen LogP contribution in [0.15, 0.2) is 66.1 Å². The summed E-state index contributed by atoms with van der Waals surface area (Å²) in [7, 11) is -0.779. The summed E-state index contributed by atoms with van der Waals surface area (Å²) >= 11 is 0. The lowest BCUT2D eigenvalue weighted by Crippen LogP contribution is -2.35. The van der Waals surface area contributed by atoms with Crippen LogP contribution >= 0.6 is 0 Å². The maximum absolute atomic E-state index is 12.7. The van der Waals surface area contributed by atoms with Crippen molar-refractivity contribution in [2.45, 2.75) is 11.8 Å². The maximum atomic E-state index is 12.7. The van der Waals surface area contributed by atoms with Crippen molar-refractivity contribution in [2.75, 3.05) is 44.0 Å². The Bertz CT molecular complexity index is 944. The van der Waals surface area contributed by atoms with Crippen LogP contribution in [0.4, 0.5) is 11.4 Å². The quantitative estimate of drug-likeness (QED) is 0.601. The molecule has 2 rings (SSSR count). The lowest BCUT2D eigenvalue weighted by atomic mass is 10.2. The smallest absolute Gasteiger partial charge is 0.246 e. The minimum atomic E-state index is -3.70. The minimum Gasteiger partial charge on any atom is -0.492 e. The van der Waals surface area contributed by atoms with Crippen LogP contribution in [0.25, 0.3) is 0 Å². The first kappa shape index (κ1) is 22.4. The number of carbonyl (C=O) groups is 1. The van der Waals surface area contributed by atoms with Gasteiger partial charge in [0.15, 0.2) is 0 Å². The lowest BCUT2D eigenvalue weighted by Gasteiger charge is -2.22. The average Bonchev–Trinajstić information content (AvgIpc) is 2.71. The molecule has 1 N–H and O–H groups in total. The minimum absolute atomic E-state index is 0.00182. The van der Waals surface area contributed by atoms with E-state index in [9.17, 15) is 13.2 Å². The first-order valence-electron chi connectivity index (χ1n) is 9.20. The number of para-hydroxylation sites is 1. The molecule has 0 aliphatic heterocycles. The zero-order valence-corrected chi connectivity index (χ0v) is 17.8. The molecule has 2 aromatic rings. The Kier molecular flexibility index (Phi) is 7.81. The predicted molar refractivity (Wildman–Crippen MR) is 116 cm³/mol. The topological polar surface area (TPSA) is 79.0 Å². The van der Waals surface area contributed by atoms with Crippen molar-refractivity contribution in [3.8, 4) is 5.75 Å². The van der Waals surface area contributed by atoms with Gasteiger partial charge in [0.05, 0.1) is 13.2 Å². The molecule has 0 saturated heterocycles. The van der Waals surface area contributed by atoms with Crippen LogP contribution in [-0.2, 0) is 14.8 Å². The molecule has 0 atom stereocenters. The largest absolute Gasteiger partial charge is 0.492 e. The fraction of sp³-hybridized carbons (Fsp3) is 0.286. The van der Waals surface area contributed by atoms with E-state index in [2.05, 4.69) is 11.9 Å². The number of rotatable bonds is 10. The van der Waals surface area contributed by atoms with Crippen LogP contribution < -0.4 is 15.0 Å². The van der Waals surface area contributed by atoms with Gasteiger partial charge < -0.3 is 15.0 Å². The molecular weight excluding hydrogens is 390 g/mol. The normalized spacial score (nSPS) is 11.2. The summed E-state index contributed by atoms with van der Waals surface area (Å²) in [4.78, 5) is 14.4. The van der Waals surface area contributed by atoms with Crippen molar-refractivity contribution < 1.29 is 17.9 Å². The van der Waals surface area contributed by atoms with Crippen LogP contribution in [0.5, 0.6) is 5.75 Å². The van der Waals surface area contributed by atoms with Gasteiger partial charge in [0.25, 0.3) is 0 Å². The van der Waals surface area contributed by atoms with Crippen molar-refractivity contribution in [3.05, 3.63) is 61.2 Å². The summed E-state index contributed by atoms with van der Waals surface area (Å²) in [6.45, 7) is 6.21. The van der Waals surface area contributed by atoms with Gasteiger partial charge in [-0.25, -0.2) is 12.7 Å². The molecule has 156 valence electrons. The van der Waals surface area contributed by atoms with E-state index in [0.717, 1.165) is 9.99 Å². The molecule has 2 aromatic carbocycles. The highest BCUT2D eigenvalue weighted by Crippen LogP contribution is 2.29. The Hall–Kier alpha value is -2.84. The zero-order chi connectivity index (χ0) is 21.4. The van der Waals surface area contributed by atoms with Crippen LogP contribution in [0.3, 0.4) is 0 Å². The number of hydrogen-bond acceptors (Lipinski definition) is 5. The van der Waals surface area contributed by atoms with Crippen molar-refractivity contribution in [1.82, 2.24) is 4.31 Å². The number of nitrogens with zero attached hydrogens (tertiary/aromatic N) is 2. The zero-order valence-electron chi connectivity index (χ0n) is 17.0. The molecule has 7 nitrogen and oxygen atoms in total. The summed E-state index contributed by atoms with van der Waals surface area (Å²) in [5, 5.41) is 3.01. The maximum Gasteiger partial charge on any atom is 0.246 e. The monoisotopic (exact) mass is 417 g/mol. The SMILES string of the molecule is C=CCN(C(=O)CNc1ccc(OCC)c(S(=O)(=O)N(C)C)c1)c1ccccc1. The summed E-state index contributed by atoms with van der Waals surface area (Å²) in [6.07, 6.45) is 1.66. The van der Waals surface area contributed by atoms with Gasteiger partial charge in [0.2, 0.25) is 15.9 Å². The molecule has 0 unspecified atom stereocenters. The molecule has 0 aliphatic rings. The molecule has 0 aliphatic carbocycles. The van der Waals surface area contributed by atoms with Crippen LogP contribution in [-0.4, -0.2) is 52.4 Å². The first-order valence-corrected chi connectivity index (χ1v) is 10.6. The second-order valence-electron chi connectivity index (χ2n) is 6.36. The van der Waals surface area contributed by atoms with Gasteiger partial charge in [-0.05, 0) is 37.3 Å². The van der Waals surface area contributed by atoms with Gasteiger partial charge in [-0.3, -0.25) is 4.79 Å². The van der Waals surface area contributed by atoms with Gasteiger partial charge >= 0.3 is 0 Å². The van der Waals surface area contributed by atoms with E-state index in [1.54, 1.807) is 30.0 Å². The molecule has 1 amide bonds. The van der Waals surface area contributed by atoms with E-state index in [4.69, 9.17) is 4.74 Å². The molecular formula is C21H27N3O4S. The second-order valence-corrected chi connectivity index (χ2v) is 8.48. The Balaban J connectivity index is 2.23. The average molecular weight is 418 g/mol. The first-order chi connectivity index (χ1) is 13.8. The third kappa shape index (κ3) is 5.58. The van der Waals surface area contributed by atoms with Crippen LogP contribution in [0.1, 0.15) is 6.92 Å². The summed E-state index contributed by atoms with van der Waals surface area (Å²) < 4.78 is 31.8. The molecule has 0 heterocycles. The summed E-state index contributed by atoms with van der Waals surface area (Å²) in [5.74, 6) is 0.109. The highest BCUT2D eigenvalue weighted by Gasteiger charge is 2.23. The number of hydrogen-bond donors (Lipinski definition) is 1. The van der Waals surface area contributed by atoms with Crippen molar-refractivity contribution in [1.29, 1.82) is 0 Å². The molecule has 29 heavy (non-hydrogen) atoms. The van der Waals surface area contributed by atoms with Crippen molar-refractivity contribution in [2.24, 2.45) is 0 Å². The number of ether oxygens (including phenoxy) is 1. The highest BCUT2D eigenvalue weighted by atomic mass is 32.2. The Morgan fingerprint density at radius 2 is 1.86 bits per heavy atom. The van der Waals surface area contributed by atoms with Gasteiger partial charge in [-0.2, -0.15) is 0 Å². The third-order valence-electron chi connectivity index (χ3n) is 4.13. The Labute approximate surface area is 172 Å². The number of nitrogens with one attached hydrogen (secondary N) is 1. The fourth-order valence-electron chi connectivity index (χ4n) is 2.65. The molecule has 0 bridgehead atoms. The van der Waals surface area contributed by atoms with E-state index in [1.165, 1.54) is 20.2 Å². The molecule has 8 heteroatoms. The van der Waals surface area contributed by atoms with E-state index >= 15 is 0 Å². The van der Waals surface area contributed by atoms with E-state index < -0.39 is 10.0 Å². The Morgan fingerprint density at radius 1 is 1.17 bits per heavy atom. The van der Waals surface area contributed by atoms with Crippen molar-refractivity contribution in [3.63, 3.8) is 0 Å². The van der Waals surface area contributed by atoms with E-state index in [-0.39, 0.29) is 23.1 Å². The third-order valence-corrected chi connectivity index (χ3v) is 5.96. The highest BCUT2D eigenvalue weighted by molar-refractivity contribution is 7.89. The number of carbonyl (C=O) groups excluding carboxylic acids is 1. The number of benzene rings is 2. The lowest BCUT2D eigenvalue weighted by molar-refractivity contribution is -0.116. The molecule has 0 radical (unpaired) electrons. The van der Waals surface area contributed by atoms with E-state index in [1.807, 2.05) is 30.3 Å². The van der Waals surface area contributed by atoms with Gasteiger partial charge in [0.1, 0.15) is 10.6 Å². The summed E-state index contributed by atoms with van der Waals surface area (Å²) in [5.41, 5.74) is 1.27. The molecule has 0 aromatic heterocycles. The van der Waals surface area contributed by atoms with Crippen LogP contribution in [0.2, 0.25) is 0 Å². The number of anilines is 2. The van der Waals surface area contributed by atoms with Crippen LogP contribution in [0, 0.1) is 0 Å². The molecule has 0 spiro atoms. The predicted octanol–water partition coefficient (Wildman–Crippen LogP) is 2.97. The summed E-state index contributed by atoms with van der Waals surface area (Å²) in [6, 6.07) is 14.0. The van der Waals surface area contributed by atoms with Gasteiger partial charge in [-0.1, -0.05) is 24.3 Å². The Morgan fingerprint density at radius 3 is 2.45 bits per heavy atom. The second kappa shape index (κ2) is 10.1. The number of amides is 1. The van der Waals surface area contributed by atoms with Gasteiger partial charge in [0, 0.05) is 32.0 Å². The van der Waals surface area contributed by atoms with E-state index in [0.29, 0.717) is 18.8 Å². The van der Waals surface area contributed by atoms with Crippen molar-refractivity contribution >= 4 is 27.3 Å².